The van der Waals surface area contributed by atoms with Gasteiger partial charge in [0.05, 0.1) is 31.6 Å². The van der Waals surface area contributed by atoms with Crippen LogP contribution in [0.4, 0.5) is 4.79 Å². The molecule has 0 heterocycles. The molecule has 0 aliphatic heterocycles. The topological polar surface area (TPSA) is 90.9 Å². The zero-order chi connectivity index (χ0) is 21.5. The van der Waals surface area contributed by atoms with Gasteiger partial charge in [0, 0.05) is 0 Å². The van der Waals surface area contributed by atoms with E-state index in [0.29, 0.717) is 19.6 Å². The van der Waals surface area contributed by atoms with Gasteiger partial charge in [0.2, 0.25) is 0 Å². The van der Waals surface area contributed by atoms with E-state index in [1.807, 2.05) is 51.1 Å². The molecular weight excluding hydrogens is 394 g/mol. The molecule has 0 spiro atoms. The highest BCUT2D eigenvalue weighted by molar-refractivity contribution is 7.85. The fourth-order valence-electron chi connectivity index (χ4n) is 3.26. The van der Waals surface area contributed by atoms with E-state index < -0.39 is 27.4 Å². The summed E-state index contributed by atoms with van der Waals surface area (Å²) in [4.78, 5) is 12.3. The van der Waals surface area contributed by atoms with Crippen molar-refractivity contribution < 1.29 is 26.9 Å². The Bertz CT molecular complexity index is 759. The molecule has 1 aliphatic rings. The van der Waals surface area contributed by atoms with Crippen LogP contribution in [0.3, 0.4) is 0 Å². The molecule has 8 heteroatoms. The van der Waals surface area contributed by atoms with Crippen molar-refractivity contribution in [2.24, 2.45) is 5.92 Å². The second kappa shape index (κ2) is 9.91. The molecule has 1 N–H and O–H groups in total. The molecule has 1 aromatic carbocycles. The third-order valence-electron chi connectivity index (χ3n) is 4.70. The van der Waals surface area contributed by atoms with Gasteiger partial charge >= 0.3 is 6.09 Å². The molecule has 0 unspecified atom stereocenters. The second-order valence-corrected chi connectivity index (χ2v) is 10.3. The van der Waals surface area contributed by atoms with E-state index in [0.717, 1.165) is 31.1 Å². The van der Waals surface area contributed by atoms with E-state index in [1.165, 1.54) is 0 Å². The SMILES string of the molecule is CC(C)(C)OC(=O)N[C@@]1(COCc2ccccc2)C[C@@H]1CCCCOS(C)(=O)=O. The summed E-state index contributed by atoms with van der Waals surface area (Å²) in [7, 11) is -3.40. The van der Waals surface area contributed by atoms with Crippen LogP contribution in [0, 0.1) is 5.92 Å². The number of ether oxygens (including phenoxy) is 2. The minimum absolute atomic E-state index is 0.183. The molecule has 2 atom stereocenters. The summed E-state index contributed by atoms with van der Waals surface area (Å²) in [5, 5.41) is 3.01. The maximum atomic E-state index is 12.3. The molecule has 0 saturated heterocycles. The van der Waals surface area contributed by atoms with Gasteiger partial charge in [-0.2, -0.15) is 8.42 Å². The minimum atomic E-state index is -3.40. The molecule has 0 aromatic heterocycles. The van der Waals surface area contributed by atoms with Gasteiger partial charge in [-0.05, 0) is 51.5 Å². The van der Waals surface area contributed by atoms with Crippen molar-refractivity contribution >= 4 is 16.2 Å². The summed E-state index contributed by atoms with van der Waals surface area (Å²) in [6, 6.07) is 9.89. The Hall–Kier alpha value is -1.64. The molecular formula is C21H33NO6S. The maximum absolute atomic E-state index is 12.3. The Labute approximate surface area is 174 Å². The van der Waals surface area contributed by atoms with Gasteiger partial charge in [-0.3, -0.25) is 4.18 Å². The fraction of sp³-hybridized carbons (Fsp3) is 0.667. The van der Waals surface area contributed by atoms with Gasteiger partial charge in [-0.1, -0.05) is 36.8 Å². The van der Waals surface area contributed by atoms with Crippen LogP contribution in [-0.2, 0) is 30.4 Å². The first-order valence-electron chi connectivity index (χ1n) is 9.96. The monoisotopic (exact) mass is 427 g/mol. The van der Waals surface area contributed by atoms with Crippen LogP contribution in [0.2, 0.25) is 0 Å². The Balaban J connectivity index is 1.84. The lowest BCUT2D eigenvalue weighted by molar-refractivity contribution is 0.0385. The predicted octanol–water partition coefficient (Wildman–Crippen LogP) is 3.63. The van der Waals surface area contributed by atoms with E-state index in [9.17, 15) is 13.2 Å². The van der Waals surface area contributed by atoms with E-state index in [-0.39, 0.29) is 12.5 Å². The quantitative estimate of drug-likeness (QED) is 0.428. The zero-order valence-corrected chi connectivity index (χ0v) is 18.6. The molecule has 164 valence electrons. The van der Waals surface area contributed by atoms with Crippen molar-refractivity contribution in [1.29, 1.82) is 0 Å². The first-order valence-corrected chi connectivity index (χ1v) is 11.8. The van der Waals surface area contributed by atoms with Gasteiger partial charge < -0.3 is 14.8 Å². The van der Waals surface area contributed by atoms with Gasteiger partial charge in [0.1, 0.15) is 5.60 Å². The van der Waals surface area contributed by atoms with E-state index >= 15 is 0 Å². The summed E-state index contributed by atoms with van der Waals surface area (Å²) in [6.45, 7) is 6.56. The molecule has 0 bridgehead atoms. The highest BCUT2D eigenvalue weighted by atomic mass is 32.2. The van der Waals surface area contributed by atoms with Crippen molar-refractivity contribution in [3.8, 4) is 0 Å². The van der Waals surface area contributed by atoms with Gasteiger partial charge in [0.25, 0.3) is 10.1 Å². The number of unbranched alkanes of at least 4 members (excludes halogenated alkanes) is 1. The summed E-state index contributed by atoms with van der Waals surface area (Å²) < 4.78 is 38.1. The fourth-order valence-corrected chi connectivity index (χ4v) is 3.68. The van der Waals surface area contributed by atoms with E-state index in [1.54, 1.807) is 0 Å². The van der Waals surface area contributed by atoms with E-state index in [4.69, 9.17) is 13.7 Å². The number of alkyl carbamates (subject to hydrolysis) is 1. The largest absolute Gasteiger partial charge is 0.444 e. The first kappa shape index (κ1) is 23.6. The maximum Gasteiger partial charge on any atom is 0.408 e. The molecule has 29 heavy (non-hydrogen) atoms. The lowest BCUT2D eigenvalue weighted by Gasteiger charge is -2.24. The minimum Gasteiger partial charge on any atom is -0.444 e. The van der Waals surface area contributed by atoms with Crippen molar-refractivity contribution in [1.82, 2.24) is 5.32 Å². The standard InChI is InChI=1S/C21H33NO6S/c1-20(2,3)28-19(23)22-21(16-26-15-17-10-6-5-7-11-17)14-18(21)12-8-9-13-27-29(4,24)25/h5-7,10-11,18H,8-9,12-16H2,1-4H3,(H,22,23)/t18-,21+/m0/s1. The van der Waals surface area contributed by atoms with Gasteiger partial charge in [0.15, 0.2) is 0 Å². The smallest absolute Gasteiger partial charge is 0.408 e. The van der Waals surface area contributed by atoms with Gasteiger partial charge in [-0.15, -0.1) is 0 Å². The van der Waals surface area contributed by atoms with Crippen molar-refractivity contribution in [2.45, 2.75) is 64.2 Å². The Morgan fingerprint density at radius 2 is 1.90 bits per heavy atom. The summed E-state index contributed by atoms with van der Waals surface area (Å²) in [6.07, 6.45) is 3.75. The normalized spacial score (nSPS) is 21.6. The molecule has 1 aliphatic carbocycles. The van der Waals surface area contributed by atoms with Crippen molar-refractivity contribution in [2.75, 3.05) is 19.5 Å². The molecule has 1 fully saturated rings. The summed E-state index contributed by atoms with van der Waals surface area (Å²) in [5.74, 6) is 0.268. The molecule has 2 rings (SSSR count). The Kier molecular flexibility index (Phi) is 8.08. The highest BCUT2D eigenvalue weighted by Gasteiger charge is 2.55. The van der Waals surface area contributed by atoms with Crippen molar-refractivity contribution in [3.63, 3.8) is 0 Å². The molecule has 1 aromatic rings. The highest BCUT2D eigenvalue weighted by Crippen LogP contribution is 2.47. The number of rotatable bonds is 11. The number of hydrogen-bond donors (Lipinski definition) is 1. The van der Waals surface area contributed by atoms with E-state index in [2.05, 4.69) is 5.32 Å². The lowest BCUT2D eigenvalue weighted by Crippen LogP contribution is -2.44. The first-order chi connectivity index (χ1) is 13.5. The summed E-state index contributed by atoms with van der Waals surface area (Å²) in [5.41, 5.74) is 0.0771. The number of hydrogen-bond acceptors (Lipinski definition) is 6. The average molecular weight is 428 g/mol. The van der Waals surface area contributed by atoms with Crippen LogP contribution >= 0.6 is 0 Å². The van der Waals surface area contributed by atoms with Crippen LogP contribution in [0.5, 0.6) is 0 Å². The van der Waals surface area contributed by atoms with Crippen LogP contribution in [0.25, 0.3) is 0 Å². The molecule has 1 amide bonds. The lowest BCUT2D eigenvalue weighted by atomic mass is 10.1. The van der Waals surface area contributed by atoms with Crippen LogP contribution in [-0.4, -0.2) is 45.1 Å². The Morgan fingerprint density at radius 1 is 1.21 bits per heavy atom. The van der Waals surface area contributed by atoms with Gasteiger partial charge in [-0.25, -0.2) is 4.79 Å². The number of amides is 1. The number of carbonyl (C=O) groups is 1. The summed E-state index contributed by atoms with van der Waals surface area (Å²) >= 11 is 0. The number of benzene rings is 1. The molecule has 1 saturated carbocycles. The van der Waals surface area contributed by atoms with Crippen LogP contribution < -0.4 is 5.32 Å². The predicted molar refractivity (Wildman–Crippen MR) is 111 cm³/mol. The van der Waals surface area contributed by atoms with Crippen LogP contribution in [0.1, 0.15) is 52.0 Å². The second-order valence-electron chi connectivity index (χ2n) is 8.68. The molecule has 0 radical (unpaired) electrons. The zero-order valence-electron chi connectivity index (χ0n) is 17.8. The third kappa shape index (κ3) is 9.14. The number of nitrogens with one attached hydrogen (secondary N) is 1. The van der Waals surface area contributed by atoms with Crippen molar-refractivity contribution in [3.05, 3.63) is 35.9 Å². The molecule has 7 nitrogen and oxygen atoms in total. The van der Waals surface area contributed by atoms with Crippen LogP contribution in [0.15, 0.2) is 30.3 Å². The third-order valence-corrected chi connectivity index (χ3v) is 5.29. The average Bonchev–Trinajstić information content (AvgIpc) is 3.24. The number of carbonyl (C=O) groups excluding carboxylic acids is 1. The Morgan fingerprint density at radius 3 is 2.52 bits per heavy atom.